The molecule has 0 aliphatic carbocycles. The number of nitrogens with zero attached hydrogens (tertiary/aromatic N) is 3. The molecule has 0 amide bonds. The first kappa shape index (κ1) is 20.3. The molecule has 29 heavy (non-hydrogen) atoms. The molecule has 0 atom stereocenters. The maximum atomic E-state index is 11.5. The molecule has 2 aromatic carbocycles. The third kappa shape index (κ3) is 4.88. The van der Waals surface area contributed by atoms with Crippen LogP contribution in [0.3, 0.4) is 0 Å². The zero-order valence-electron chi connectivity index (χ0n) is 16.2. The third-order valence-electron chi connectivity index (χ3n) is 4.43. The molecule has 0 saturated carbocycles. The van der Waals surface area contributed by atoms with Crippen LogP contribution in [0.2, 0.25) is 0 Å². The van der Waals surface area contributed by atoms with Crippen molar-refractivity contribution in [2.24, 2.45) is 0 Å². The molecule has 3 rings (SSSR count). The highest BCUT2D eigenvalue weighted by Crippen LogP contribution is 2.32. The van der Waals surface area contributed by atoms with Gasteiger partial charge in [0.15, 0.2) is 0 Å². The van der Waals surface area contributed by atoms with E-state index in [4.69, 9.17) is 5.11 Å². The van der Waals surface area contributed by atoms with E-state index in [1.54, 1.807) is 6.07 Å². The molecule has 0 aliphatic rings. The number of para-hydroxylation sites is 1. The zero-order chi connectivity index (χ0) is 20.6. The summed E-state index contributed by atoms with van der Waals surface area (Å²) in [6.07, 6.45) is 2.10. The fourth-order valence-corrected chi connectivity index (χ4v) is 3.04. The summed E-state index contributed by atoms with van der Waals surface area (Å²) in [7, 11) is 0. The fraction of sp³-hybridized carbons (Fsp3) is 0.300. The van der Waals surface area contributed by atoms with Gasteiger partial charge in [-0.15, -0.1) is 0 Å². The van der Waals surface area contributed by atoms with Gasteiger partial charge >= 0.3 is 0 Å². The van der Waals surface area contributed by atoms with Gasteiger partial charge in [0, 0.05) is 43.4 Å². The first-order valence-electron chi connectivity index (χ1n) is 9.47. The number of aromatic nitrogens is 2. The normalized spacial score (nSPS) is 10.7. The summed E-state index contributed by atoms with van der Waals surface area (Å²) in [5.41, 5.74) is 3.04. The van der Waals surface area contributed by atoms with E-state index in [1.165, 1.54) is 12.4 Å². The van der Waals surface area contributed by atoms with Gasteiger partial charge in [-0.05, 0) is 31.0 Å². The Morgan fingerprint density at radius 3 is 2.69 bits per heavy atom. The molecule has 152 valence electrons. The number of hydrogen-bond donors (Lipinski definition) is 4. The monoisotopic (exact) mass is 396 g/mol. The molecule has 9 heteroatoms. The third-order valence-corrected chi connectivity index (χ3v) is 4.43. The average Bonchev–Trinajstić information content (AvgIpc) is 2.72. The lowest BCUT2D eigenvalue weighted by atomic mass is 10.1. The van der Waals surface area contributed by atoms with E-state index in [0.717, 1.165) is 11.3 Å². The van der Waals surface area contributed by atoms with Crippen LogP contribution in [0.4, 0.5) is 22.9 Å². The van der Waals surface area contributed by atoms with E-state index in [2.05, 4.69) is 25.9 Å². The lowest BCUT2D eigenvalue weighted by Crippen LogP contribution is -2.09. The van der Waals surface area contributed by atoms with Gasteiger partial charge in [0.2, 0.25) is 0 Å². The number of hydrogen-bond acceptors (Lipinski definition) is 8. The summed E-state index contributed by atoms with van der Waals surface area (Å²) in [4.78, 5) is 19.6. The van der Waals surface area contributed by atoms with Crippen molar-refractivity contribution in [2.75, 3.05) is 35.6 Å². The van der Waals surface area contributed by atoms with Crippen LogP contribution in [0.25, 0.3) is 10.9 Å². The number of aliphatic hydroxyl groups excluding tert-OH is 1. The number of anilines is 3. The SMILES string of the molecule is CCNc1cc2ncnc(NCc3ccccc3NCCCO)c2cc1[N+](=O)[O-]. The van der Waals surface area contributed by atoms with Crippen molar-refractivity contribution < 1.29 is 10.0 Å². The van der Waals surface area contributed by atoms with E-state index in [0.29, 0.717) is 48.5 Å². The van der Waals surface area contributed by atoms with Gasteiger partial charge in [-0.1, -0.05) is 18.2 Å². The van der Waals surface area contributed by atoms with Crippen molar-refractivity contribution >= 4 is 33.8 Å². The number of fused-ring (bicyclic) bond motifs is 1. The van der Waals surface area contributed by atoms with Gasteiger partial charge in [-0.3, -0.25) is 10.1 Å². The second kappa shape index (κ2) is 9.65. The summed E-state index contributed by atoms with van der Waals surface area (Å²) < 4.78 is 0. The van der Waals surface area contributed by atoms with Crippen LogP contribution in [0.1, 0.15) is 18.9 Å². The Morgan fingerprint density at radius 1 is 1.10 bits per heavy atom. The van der Waals surface area contributed by atoms with E-state index < -0.39 is 4.92 Å². The highest BCUT2D eigenvalue weighted by molar-refractivity contribution is 5.94. The molecule has 0 unspecified atom stereocenters. The van der Waals surface area contributed by atoms with E-state index >= 15 is 0 Å². The van der Waals surface area contributed by atoms with Gasteiger partial charge in [0.1, 0.15) is 17.8 Å². The first-order chi connectivity index (χ1) is 14.1. The quantitative estimate of drug-likeness (QED) is 0.233. The van der Waals surface area contributed by atoms with Crippen molar-refractivity contribution in [3.05, 3.63) is 58.4 Å². The number of benzene rings is 2. The Bertz CT molecular complexity index is 995. The largest absolute Gasteiger partial charge is 0.396 e. The highest BCUT2D eigenvalue weighted by atomic mass is 16.6. The molecule has 4 N–H and O–H groups in total. The lowest BCUT2D eigenvalue weighted by molar-refractivity contribution is -0.383. The highest BCUT2D eigenvalue weighted by Gasteiger charge is 2.17. The molecular weight excluding hydrogens is 372 g/mol. The number of nitrogens with one attached hydrogen (secondary N) is 3. The summed E-state index contributed by atoms with van der Waals surface area (Å²) in [5, 5.41) is 30.6. The van der Waals surface area contributed by atoms with Crippen LogP contribution in [0.5, 0.6) is 0 Å². The van der Waals surface area contributed by atoms with Crippen molar-refractivity contribution in [1.29, 1.82) is 0 Å². The fourth-order valence-electron chi connectivity index (χ4n) is 3.04. The summed E-state index contributed by atoms with van der Waals surface area (Å²) in [6.45, 7) is 3.74. The zero-order valence-corrected chi connectivity index (χ0v) is 16.2. The molecule has 3 aromatic rings. The van der Waals surface area contributed by atoms with E-state index in [-0.39, 0.29) is 12.3 Å². The van der Waals surface area contributed by atoms with Gasteiger partial charge in [-0.2, -0.15) is 0 Å². The molecule has 0 saturated heterocycles. The second-order valence-corrected chi connectivity index (χ2v) is 6.41. The Kier molecular flexibility index (Phi) is 6.75. The molecule has 9 nitrogen and oxygen atoms in total. The Hall–Kier alpha value is -3.46. The minimum absolute atomic E-state index is 0.0109. The number of nitro benzene ring substituents is 1. The van der Waals surface area contributed by atoms with Gasteiger partial charge in [0.05, 0.1) is 10.4 Å². The van der Waals surface area contributed by atoms with Crippen molar-refractivity contribution in [2.45, 2.75) is 19.9 Å². The van der Waals surface area contributed by atoms with Crippen LogP contribution in [-0.4, -0.2) is 39.7 Å². The topological polar surface area (TPSA) is 125 Å². The molecule has 1 heterocycles. The molecule has 0 fully saturated rings. The standard InChI is InChI=1S/C20H24N6O3/c1-2-21-18-11-17-15(10-19(18)26(28)29)20(25-13-24-17)23-12-14-6-3-4-7-16(14)22-8-5-9-27/h3-4,6-7,10-11,13,21-22,27H,2,5,8-9,12H2,1H3,(H,23,24,25). The second-order valence-electron chi connectivity index (χ2n) is 6.41. The van der Waals surface area contributed by atoms with Gasteiger partial charge in [0.25, 0.3) is 5.69 Å². The van der Waals surface area contributed by atoms with Crippen LogP contribution >= 0.6 is 0 Å². The molecule has 1 aromatic heterocycles. The predicted octanol–water partition coefficient (Wildman–Crippen LogP) is 3.38. The van der Waals surface area contributed by atoms with Crippen molar-refractivity contribution in [3.8, 4) is 0 Å². The van der Waals surface area contributed by atoms with Crippen LogP contribution < -0.4 is 16.0 Å². The Morgan fingerprint density at radius 2 is 1.93 bits per heavy atom. The minimum atomic E-state index is -0.408. The van der Waals surface area contributed by atoms with Crippen LogP contribution in [0, 0.1) is 10.1 Å². The van der Waals surface area contributed by atoms with Crippen molar-refractivity contribution in [3.63, 3.8) is 0 Å². The van der Waals surface area contributed by atoms with Gasteiger partial charge < -0.3 is 21.1 Å². The maximum Gasteiger partial charge on any atom is 0.293 e. The number of nitro groups is 1. The molecule has 0 aliphatic heterocycles. The smallest absolute Gasteiger partial charge is 0.293 e. The van der Waals surface area contributed by atoms with Crippen molar-refractivity contribution in [1.82, 2.24) is 9.97 Å². The van der Waals surface area contributed by atoms with E-state index in [1.807, 2.05) is 31.2 Å². The summed E-state index contributed by atoms with van der Waals surface area (Å²) >= 11 is 0. The Balaban J connectivity index is 1.88. The predicted molar refractivity (Wildman–Crippen MR) is 114 cm³/mol. The minimum Gasteiger partial charge on any atom is -0.396 e. The number of aliphatic hydroxyl groups is 1. The Labute approximate surface area is 168 Å². The van der Waals surface area contributed by atoms with Gasteiger partial charge in [-0.25, -0.2) is 9.97 Å². The van der Waals surface area contributed by atoms with Crippen LogP contribution in [-0.2, 0) is 6.54 Å². The van der Waals surface area contributed by atoms with Crippen LogP contribution in [0.15, 0.2) is 42.7 Å². The maximum absolute atomic E-state index is 11.5. The average molecular weight is 396 g/mol. The molecule has 0 bridgehead atoms. The van der Waals surface area contributed by atoms with E-state index in [9.17, 15) is 10.1 Å². The summed E-state index contributed by atoms with van der Waals surface area (Å²) in [6, 6.07) is 11.0. The molecule has 0 spiro atoms. The first-order valence-corrected chi connectivity index (χ1v) is 9.47. The molecule has 0 radical (unpaired) electrons. The summed E-state index contributed by atoms with van der Waals surface area (Å²) in [5.74, 6) is 0.534. The lowest BCUT2D eigenvalue weighted by Gasteiger charge is -2.14. The molecular formula is C20H24N6O3. The number of rotatable bonds is 10.